The van der Waals surface area contributed by atoms with Gasteiger partial charge in [-0.1, -0.05) is 6.92 Å². The van der Waals surface area contributed by atoms with Gasteiger partial charge in [0.05, 0.1) is 30.6 Å². The largest absolute Gasteiger partial charge is 0.493 e. The van der Waals surface area contributed by atoms with Crippen LogP contribution in [0.1, 0.15) is 38.9 Å². The molecule has 5 nitrogen and oxygen atoms in total. The molecule has 0 radical (unpaired) electrons. The fourth-order valence-electron chi connectivity index (χ4n) is 1.97. The van der Waals surface area contributed by atoms with E-state index in [1.165, 1.54) is 0 Å². The standard InChI is InChI=1S/C12H23N3O2/c1-6-12(3,17-7-2)11(13)10-9(16-5)8-14-15(10)4/h8,11H,6-7,13H2,1-5H3. The summed E-state index contributed by atoms with van der Waals surface area (Å²) in [6.45, 7) is 6.70. The Balaban J connectivity index is 3.08. The van der Waals surface area contributed by atoms with Crippen molar-refractivity contribution in [3.63, 3.8) is 0 Å². The van der Waals surface area contributed by atoms with Crippen LogP contribution in [0.15, 0.2) is 6.20 Å². The maximum atomic E-state index is 6.33. The predicted molar refractivity (Wildman–Crippen MR) is 67.0 cm³/mol. The summed E-state index contributed by atoms with van der Waals surface area (Å²) in [6, 6.07) is -0.269. The lowest BCUT2D eigenvalue weighted by atomic mass is 9.91. The Labute approximate surface area is 103 Å². The predicted octanol–water partition coefficient (Wildman–Crippen LogP) is 1.63. The van der Waals surface area contributed by atoms with Crippen molar-refractivity contribution in [2.75, 3.05) is 13.7 Å². The molecule has 2 atom stereocenters. The highest BCUT2D eigenvalue weighted by Crippen LogP contribution is 2.34. The molecule has 1 rings (SSSR count). The SMILES string of the molecule is CCOC(C)(CC)C(N)c1c(OC)cnn1C. The molecule has 1 aromatic heterocycles. The molecular weight excluding hydrogens is 218 g/mol. The number of hydrogen-bond acceptors (Lipinski definition) is 4. The summed E-state index contributed by atoms with van der Waals surface area (Å²) < 4.78 is 12.8. The van der Waals surface area contributed by atoms with Crippen LogP contribution in [0.25, 0.3) is 0 Å². The molecule has 0 saturated carbocycles. The fourth-order valence-corrected chi connectivity index (χ4v) is 1.97. The lowest BCUT2D eigenvalue weighted by Gasteiger charge is -2.34. The van der Waals surface area contributed by atoms with Crippen LogP contribution in [0.3, 0.4) is 0 Å². The lowest BCUT2D eigenvalue weighted by molar-refractivity contribution is -0.0492. The number of hydrogen-bond donors (Lipinski definition) is 1. The summed E-state index contributed by atoms with van der Waals surface area (Å²) in [5.41, 5.74) is 6.79. The minimum atomic E-state index is -0.407. The molecule has 1 aromatic rings. The van der Waals surface area contributed by atoms with Gasteiger partial charge in [-0.15, -0.1) is 0 Å². The topological polar surface area (TPSA) is 62.3 Å². The molecule has 1 heterocycles. The van der Waals surface area contributed by atoms with Crippen molar-refractivity contribution in [3.8, 4) is 5.75 Å². The molecule has 2 unspecified atom stereocenters. The number of nitrogens with zero attached hydrogens (tertiary/aromatic N) is 2. The van der Waals surface area contributed by atoms with Gasteiger partial charge >= 0.3 is 0 Å². The second kappa shape index (κ2) is 5.51. The number of aromatic nitrogens is 2. The molecule has 2 N–H and O–H groups in total. The van der Waals surface area contributed by atoms with Crippen LogP contribution in [-0.4, -0.2) is 29.1 Å². The van der Waals surface area contributed by atoms with Crippen molar-refractivity contribution in [2.45, 2.75) is 38.8 Å². The second-order valence-corrected chi connectivity index (χ2v) is 4.30. The van der Waals surface area contributed by atoms with Crippen molar-refractivity contribution in [1.29, 1.82) is 0 Å². The number of methoxy groups -OCH3 is 1. The van der Waals surface area contributed by atoms with Crippen LogP contribution >= 0.6 is 0 Å². The molecule has 5 heteroatoms. The number of nitrogens with two attached hydrogens (primary N) is 1. The van der Waals surface area contributed by atoms with E-state index >= 15 is 0 Å². The van der Waals surface area contributed by atoms with Gasteiger partial charge in [0.15, 0.2) is 5.75 Å². The number of aryl methyl sites for hydroxylation is 1. The van der Waals surface area contributed by atoms with E-state index in [-0.39, 0.29) is 6.04 Å². The van der Waals surface area contributed by atoms with Gasteiger partial charge in [-0.05, 0) is 20.3 Å². The first-order chi connectivity index (χ1) is 8.00. The molecule has 17 heavy (non-hydrogen) atoms. The highest BCUT2D eigenvalue weighted by molar-refractivity contribution is 5.29. The van der Waals surface area contributed by atoms with Gasteiger partial charge in [-0.3, -0.25) is 4.68 Å². The molecule has 0 aromatic carbocycles. The first-order valence-corrected chi connectivity index (χ1v) is 5.95. The van der Waals surface area contributed by atoms with E-state index in [1.54, 1.807) is 18.0 Å². The summed E-state index contributed by atoms with van der Waals surface area (Å²) in [6.07, 6.45) is 2.51. The van der Waals surface area contributed by atoms with Gasteiger partial charge in [-0.25, -0.2) is 0 Å². The maximum Gasteiger partial charge on any atom is 0.161 e. The van der Waals surface area contributed by atoms with Crippen molar-refractivity contribution in [3.05, 3.63) is 11.9 Å². The van der Waals surface area contributed by atoms with Crippen molar-refractivity contribution < 1.29 is 9.47 Å². The van der Waals surface area contributed by atoms with E-state index in [4.69, 9.17) is 15.2 Å². The third-order valence-electron chi connectivity index (χ3n) is 3.30. The molecule has 0 aliphatic carbocycles. The van der Waals surface area contributed by atoms with Crippen LogP contribution in [0.2, 0.25) is 0 Å². The Morgan fingerprint density at radius 1 is 1.53 bits per heavy atom. The molecule has 0 saturated heterocycles. The van der Waals surface area contributed by atoms with E-state index < -0.39 is 5.60 Å². The van der Waals surface area contributed by atoms with Crippen LogP contribution in [0.4, 0.5) is 0 Å². The maximum absolute atomic E-state index is 6.33. The van der Waals surface area contributed by atoms with Gasteiger partial charge in [-0.2, -0.15) is 5.10 Å². The Morgan fingerprint density at radius 2 is 2.18 bits per heavy atom. The first-order valence-electron chi connectivity index (χ1n) is 5.95. The van der Waals surface area contributed by atoms with Gasteiger partial charge in [0, 0.05) is 13.7 Å². The highest BCUT2D eigenvalue weighted by Gasteiger charge is 2.35. The molecule has 0 amide bonds. The first kappa shape index (κ1) is 14.0. The summed E-state index contributed by atoms with van der Waals surface area (Å²) in [5.74, 6) is 0.708. The van der Waals surface area contributed by atoms with Crippen molar-refractivity contribution in [2.24, 2.45) is 12.8 Å². The summed E-state index contributed by atoms with van der Waals surface area (Å²) in [7, 11) is 3.48. The Bertz CT molecular complexity index is 365. The van der Waals surface area contributed by atoms with Crippen LogP contribution < -0.4 is 10.5 Å². The average Bonchev–Trinajstić information content (AvgIpc) is 2.69. The van der Waals surface area contributed by atoms with E-state index in [0.717, 1.165) is 12.1 Å². The van der Waals surface area contributed by atoms with Crippen LogP contribution in [-0.2, 0) is 11.8 Å². The Morgan fingerprint density at radius 3 is 2.65 bits per heavy atom. The van der Waals surface area contributed by atoms with Crippen LogP contribution in [0, 0.1) is 0 Å². The fraction of sp³-hybridized carbons (Fsp3) is 0.750. The minimum Gasteiger partial charge on any atom is -0.493 e. The molecule has 0 aliphatic heterocycles. The average molecular weight is 241 g/mol. The minimum absolute atomic E-state index is 0.269. The monoisotopic (exact) mass is 241 g/mol. The van der Waals surface area contributed by atoms with E-state index in [2.05, 4.69) is 12.0 Å². The quantitative estimate of drug-likeness (QED) is 0.822. The van der Waals surface area contributed by atoms with Gasteiger partial charge in [0.2, 0.25) is 0 Å². The molecule has 98 valence electrons. The molecule has 0 spiro atoms. The summed E-state index contributed by atoms with van der Waals surface area (Å²) in [4.78, 5) is 0. The summed E-state index contributed by atoms with van der Waals surface area (Å²) >= 11 is 0. The van der Waals surface area contributed by atoms with Gasteiger partial charge in [0.25, 0.3) is 0 Å². The molecular formula is C12H23N3O2. The lowest BCUT2D eigenvalue weighted by Crippen LogP contribution is -2.41. The number of rotatable bonds is 6. The van der Waals surface area contributed by atoms with Gasteiger partial charge in [0.1, 0.15) is 0 Å². The normalized spacial score (nSPS) is 16.6. The zero-order chi connectivity index (χ0) is 13.1. The van der Waals surface area contributed by atoms with Gasteiger partial charge < -0.3 is 15.2 Å². The molecule has 0 aliphatic rings. The summed E-state index contributed by atoms with van der Waals surface area (Å²) in [5, 5.41) is 4.17. The Hall–Kier alpha value is -1.07. The third kappa shape index (κ3) is 2.61. The van der Waals surface area contributed by atoms with E-state index in [1.807, 2.05) is 20.9 Å². The Kier molecular flexibility index (Phi) is 4.54. The number of ether oxygens (including phenoxy) is 2. The second-order valence-electron chi connectivity index (χ2n) is 4.30. The zero-order valence-corrected chi connectivity index (χ0v) is 11.4. The third-order valence-corrected chi connectivity index (χ3v) is 3.30. The zero-order valence-electron chi connectivity index (χ0n) is 11.4. The molecule has 0 fully saturated rings. The van der Waals surface area contributed by atoms with E-state index in [9.17, 15) is 0 Å². The van der Waals surface area contributed by atoms with E-state index in [0.29, 0.717) is 12.4 Å². The molecule has 0 bridgehead atoms. The highest BCUT2D eigenvalue weighted by atomic mass is 16.5. The smallest absolute Gasteiger partial charge is 0.161 e. The van der Waals surface area contributed by atoms with Crippen LogP contribution in [0.5, 0.6) is 5.75 Å². The van der Waals surface area contributed by atoms with Crippen molar-refractivity contribution in [1.82, 2.24) is 9.78 Å². The van der Waals surface area contributed by atoms with Crippen molar-refractivity contribution >= 4 is 0 Å².